The van der Waals surface area contributed by atoms with Gasteiger partial charge in [0.1, 0.15) is 6.33 Å². The molecule has 0 aromatic carbocycles. The number of hydrogen-bond acceptors (Lipinski definition) is 3. The fourth-order valence-electron chi connectivity index (χ4n) is 1.44. The third kappa shape index (κ3) is 2.15. The Kier molecular flexibility index (Phi) is 2.97. The third-order valence-corrected chi connectivity index (χ3v) is 2.55. The van der Waals surface area contributed by atoms with Crippen LogP contribution >= 0.6 is 11.6 Å². The first kappa shape index (κ1) is 10.1. The molecular formula is C10H11ClN4. The minimum atomic E-state index is 0.391. The van der Waals surface area contributed by atoms with Crippen molar-refractivity contribution in [3.8, 4) is 0 Å². The summed E-state index contributed by atoms with van der Waals surface area (Å²) >= 11 is 5.85. The van der Waals surface area contributed by atoms with Crippen LogP contribution < -0.4 is 0 Å². The van der Waals surface area contributed by atoms with E-state index in [1.165, 1.54) is 5.56 Å². The molecule has 0 bridgehead atoms. The molecule has 2 rings (SSSR count). The topological polar surface area (TPSA) is 43.6 Å². The lowest BCUT2D eigenvalue weighted by Crippen LogP contribution is -2.04. The standard InChI is InChI=1S/C10H11ClN4/c1-2-8-4-3-5-12-9(8)6-15-7-13-14-10(15)11/h3-5,7H,2,6H2,1H3. The fourth-order valence-corrected chi connectivity index (χ4v) is 1.59. The maximum atomic E-state index is 5.85. The summed E-state index contributed by atoms with van der Waals surface area (Å²) in [6.07, 6.45) is 4.35. The van der Waals surface area contributed by atoms with E-state index in [4.69, 9.17) is 11.6 Å². The van der Waals surface area contributed by atoms with Crippen LogP contribution in [0.25, 0.3) is 0 Å². The van der Waals surface area contributed by atoms with Crippen LogP contribution in [-0.2, 0) is 13.0 Å². The van der Waals surface area contributed by atoms with Crippen molar-refractivity contribution in [3.05, 3.63) is 41.2 Å². The second kappa shape index (κ2) is 4.40. The summed E-state index contributed by atoms with van der Waals surface area (Å²) in [5, 5.41) is 7.84. The van der Waals surface area contributed by atoms with E-state index >= 15 is 0 Å². The van der Waals surface area contributed by atoms with E-state index < -0.39 is 0 Å². The van der Waals surface area contributed by atoms with Crippen molar-refractivity contribution in [2.45, 2.75) is 19.9 Å². The first-order valence-corrected chi connectivity index (χ1v) is 5.15. The van der Waals surface area contributed by atoms with Crippen LogP contribution in [0.15, 0.2) is 24.7 Å². The second-order valence-corrected chi connectivity index (χ2v) is 3.53. The lowest BCUT2D eigenvalue weighted by molar-refractivity contribution is 0.758. The zero-order valence-corrected chi connectivity index (χ0v) is 9.15. The Hall–Kier alpha value is -1.42. The Labute approximate surface area is 92.9 Å². The predicted molar refractivity (Wildman–Crippen MR) is 57.7 cm³/mol. The monoisotopic (exact) mass is 222 g/mol. The zero-order valence-electron chi connectivity index (χ0n) is 8.39. The molecule has 2 aromatic rings. The van der Waals surface area contributed by atoms with Gasteiger partial charge in [-0.05, 0) is 29.7 Å². The van der Waals surface area contributed by atoms with Crippen LogP contribution in [0.1, 0.15) is 18.2 Å². The van der Waals surface area contributed by atoms with E-state index in [1.54, 1.807) is 17.1 Å². The van der Waals surface area contributed by atoms with Crippen molar-refractivity contribution >= 4 is 11.6 Å². The molecule has 0 N–H and O–H groups in total. The average molecular weight is 223 g/mol. The first-order chi connectivity index (χ1) is 7.31. The maximum absolute atomic E-state index is 5.85. The summed E-state index contributed by atoms with van der Waals surface area (Å²) in [6, 6.07) is 4.01. The normalized spacial score (nSPS) is 10.5. The molecule has 0 fully saturated rings. The smallest absolute Gasteiger partial charge is 0.225 e. The second-order valence-electron chi connectivity index (χ2n) is 3.19. The van der Waals surface area contributed by atoms with E-state index in [1.807, 2.05) is 6.07 Å². The van der Waals surface area contributed by atoms with Gasteiger partial charge in [0.2, 0.25) is 5.28 Å². The van der Waals surface area contributed by atoms with Gasteiger partial charge in [-0.2, -0.15) is 0 Å². The molecule has 5 heteroatoms. The molecule has 0 aliphatic rings. The highest BCUT2D eigenvalue weighted by Gasteiger charge is 2.05. The van der Waals surface area contributed by atoms with E-state index in [0.717, 1.165) is 12.1 Å². The van der Waals surface area contributed by atoms with Crippen LogP contribution in [0, 0.1) is 0 Å². The third-order valence-electron chi connectivity index (χ3n) is 2.25. The number of aryl methyl sites for hydroxylation is 1. The summed E-state index contributed by atoms with van der Waals surface area (Å²) in [7, 11) is 0. The van der Waals surface area contributed by atoms with E-state index in [2.05, 4.69) is 28.2 Å². The molecule has 15 heavy (non-hydrogen) atoms. The van der Waals surface area contributed by atoms with Crippen LogP contribution in [0.3, 0.4) is 0 Å². The van der Waals surface area contributed by atoms with Gasteiger partial charge in [-0.15, -0.1) is 10.2 Å². The van der Waals surface area contributed by atoms with Crippen molar-refractivity contribution in [1.82, 2.24) is 19.7 Å². The largest absolute Gasteiger partial charge is 0.298 e. The minimum Gasteiger partial charge on any atom is -0.298 e. The van der Waals surface area contributed by atoms with Crippen LogP contribution in [0.4, 0.5) is 0 Å². The SMILES string of the molecule is CCc1cccnc1Cn1cnnc1Cl. The lowest BCUT2D eigenvalue weighted by atomic mass is 10.1. The predicted octanol–water partition coefficient (Wildman–Crippen LogP) is 1.94. The number of aromatic nitrogens is 4. The Morgan fingerprint density at radius 1 is 1.47 bits per heavy atom. The Morgan fingerprint density at radius 3 is 3.00 bits per heavy atom. The molecule has 2 heterocycles. The summed E-state index contributed by atoms with van der Waals surface area (Å²) in [4.78, 5) is 4.33. The van der Waals surface area contributed by atoms with Gasteiger partial charge in [0.05, 0.1) is 12.2 Å². The molecule has 0 unspecified atom stereocenters. The molecule has 4 nitrogen and oxygen atoms in total. The molecule has 0 radical (unpaired) electrons. The summed E-state index contributed by atoms with van der Waals surface area (Å²) in [5.41, 5.74) is 2.24. The summed E-state index contributed by atoms with van der Waals surface area (Å²) in [6.45, 7) is 2.73. The summed E-state index contributed by atoms with van der Waals surface area (Å²) < 4.78 is 1.77. The average Bonchev–Trinajstić information content (AvgIpc) is 2.65. The van der Waals surface area contributed by atoms with Gasteiger partial charge in [-0.3, -0.25) is 9.55 Å². The van der Waals surface area contributed by atoms with Gasteiger partial charge in [-0.1, -0.05) is 13.0 Å². The first-order valence-electron chi connectivity index (χ1n) is 4.77. The van der Waals surface area contributed by atoms with Crippen LogP contribution in [0.5, 0.6) is 0 Å². The van der Waals surface area contributed by atoms with E-state index in [0.29, 0.717) is 11.8 Å². The van der Waals surface area contributed by atoms with Gasteiger partial charge in [0.25, 0.3) is 0 Å². The van der Waals surface area contributed by atoms with Gasteiger partial charge in [0.15, 0.2) is 0 Å². The molecule has 0 spiro atoms. The Morgan fingerprint density at radius 2 is 2.33 bits per heavy atom. The maximum Gasteiger partial charge on any atom is 0.225 e. The van der Waals surface area contributed by atoms with Gasteiger partial charge >= 0.3 is 0 Å². The van der Waals surface area contributed by atoms with Crippen molar-refractivity contribution in [2.75, 3.05) is 0 Å². The molecule has 0 atom stereocenters. The van der Waals surface area contributed by atoms with Crippen molar-refractivity contribution in [3.63, 3.8) is 0 Å². The molecule has 0 aliphatic heterocycles. The van der Waals surface area contributed by atoms with E-state index in [9.17, 15) is 0 Å². The minimum absolute atomic E-state index is 0.391. The molecule has 0 saturated heterocycles. The number of pyridine rings is 1. The number of nitrogens with zero attached hydrogens (tertiary/aromatic N) is 4. The molecule has 0 saturated carbocycles. The fraction of sp³-hybridized carbons (Fsp3) is 0.300. The quantitative estimate of drug-likeness (QED) is 0.797. The number of hydrogen-bond donors (Lipinski definition) is 0. The van der Waals surface area contributed by atoms with Gasteiger partial charge in [0, 0.05) is 6.20 Å². The molecule has 78 valence electrons. The van der Waals surface area contributed by atoms with Crippen molar-refractivity contribution in [2.24, 2.45) is 0 Å². The number of halogens is 1. The van der Waals surface area contributed by atoms with Gasteiger partial charge < -0.3 is 0 Å². The van der Waals surface area contributed by atoms with Crippen molar-refractivity contribution in [1.29, 1.82) is 0 Å². The van der Waals surface area contributed by atoms with Crippen LogP contribution in [0.2, 0.25) is 5.28 Å². The van der Waals surface area contributed by atoms with Gasteiger partial charge in [-0.25, -0.2) is 0 Å². The lowest BCUT2D eigenvalue weighted by Gasteiger charge is -2.06. The highest BCUT2D eigenvalue weighted by atomic mass is 35.5. The Bertz CT molecular complexity index is 452. The highest BCUT2D eigenvalue weighted by Crippen LogP contribution is 2.11. The van der Waals surface area contributed by atoms with E-state index in [-0.39, 0.29) is 0 Å². The molecule has 0 aliphatic carbocycles. The number of rotatable bonds is 3. The molecule has 2 aromatic heterocycles. The van der Waals surface area contributed by atoms with Crippen molar-refractivity contribution < 1.29 is 0 Å². The zero-order chi connectivity index (χ0) is 10.7. The summed E-state index contributed by atoms with van der Waals surface area (Å²) in [5.74, 6) is 0. The molecular weight excluding hydrogens is 212 g/mol. The molecule has 0 amide bonds. The Balaban J connectivity index is 2.28. The highest BCUT2D eigenvalue weighted by molar-refractivity contribution is 6.28. The van der Waals surface area contributed by atoms with Crippen LogP contribution in [-0.4, -0.2) is 19.7 Å².